The van der Waals surface area contributed by atoms with Crippen molar-refractivity contribution in [2.75, 3.05) is 0 Å². The van der Waals surface area contributed by atoms with Crippen LogP contribution in [0.25, 0.3) is 4.96 Å². The number of hydrogen-bond acceptors (Lipinski definition) is 1. The molecule has 1 aliphatic rings. The molecule has 0 saturated heterocycles. The predicted octanol–water partition coefficient (Wildman–Crippen LogP) is 1.80. The van der Waals surface area contributed by atoms with E-state index in [1.54, 1.807) is 4.88 Å². The van der Waals surface area contributed by atoms with Crippen molar-refractivity contribution in [1.29, 1.82) is 0 Å². The van der Waals surface area contributed by atoms with Crippen LogP contribution < -0.4 is 4.57 Å². The number of imidazole rings is 1. The first-order valence-corrected chi connectivity index (χ1v) is 6.16. The first-order chi connectivity index (χ1) is 7.40. The summed E-state index contributed by atoms with van der Waals surface area (Å²) in [6.07, 6.45) is 14.7. The van der Waals surface area contributed by atoms with Gasteiger partial charge in [0, 0.05) is 6.42 Å². The molecule has 0 aromatic carbocycles. The number of fused-ring (bicyclic) bond motifs is 3. The molecule has 0 amide bonds. The Morgan fingerprint density at radius 1 is 1.47 bits per heavy atom. The molecule has 3 rings (SSSR count). The molecule has 3 heteroatoms. The van der Waals surface area contributed by atoms with Crippen molar-refractivity contribution in [3.8, 4) is 12.3 Å². The van der Waals surface area contributed by atoms with Crippen LogP contribution >= 0.6 is 11.3 Å². The van der Waals surface area contributed by atoms with Crippen LogP contribution in [-0.2, 0) is 19.4 Å². The van der Waals surface area contributed by atoms with Crippen LogP contribution in [0.15, 0.2) is 12.4 Å². The summed E-state index contributed by atoms with van der Waals surface area (Å²) < 4.78 is 4.47. The number of aromatic nitrogens is 2. The molecule has 0 fully saturated rings. The minimum Gasteiger partial charge on any atom is -0.210 e. The lowest BCUT2D eigenvalue weighted by molar-refractivity contribution is -0.656. The van der Waals surface area contributed by atoms with Crippen LogP contribution in [0, 0.1) is 12.3 Å². The fourth-order valence-electron chi connectivity index (χ4n) is 2.28. The van der Waals surface area contributed by atoms with Gasteiger partial charge in [-0.1, -0.05) is 17.3 Å². The second kappa shape index (κ2) is 3.39. The Kier molecular flexibility index (Phi) is 2.03. The summed E-state index contributed by atoms with van der Waals surface area (Å²) in [5.41, 5.74) is 1.51. The quantitative estimate of drug-likeness (QED) is 0.508. The lowest BCUT2D eigenvalue weighted by atomic mass is 10.0. The highest BCUT2D eigenvalue weighted by molar-refractivity contribution is 7.16. The molecule has 2 heterocycles. The molecule has 15 heavy (non-hydrogen) atoms. The molecular formula is C12H13N2S+. The van der Waals surface area contributed by atoms with Gasteiger partial charge >= 0.3 is 4.96 Å². The monoisotopic (exact) mass is 217 g/mol. The maximum atomic E-state index is 5.36. The molecule has 0 saturated carbocycles. The number of nitrogens with zero attached hydrogens (tertiary/aromatic N) is 2. The molecule has 2 nitrogen and oxygen atoms in total. The van der Waals surface area contributed by atoms with Gasteiger partial charge in [-0.25, -0.2) is 4.57 Å². The molecule has 0 unspecified atom stereocenters. The maximum absolute atomic E-state index is 5.36. The SMILES string of the molecule is C#CC[n+]1ccn2c3c(sc21)CCCC3. The normalized spacial score (nSPS) is 15.1. The highest BCUT2D eigenvalue weighted by Gasteiger charge is 2.23. The Labute approximate surface area is 93.2 Å². The van der Waals surface area contributed by atoms with Crippen molar-refractivity contribution in [1.82, 2.24) is 4.40 Å². The van der Waals surface area contributed by atoms with Crippen molar-refractivity contribution in [2.45, 2.75) is 32.2 Å². The second-order valence-corrected chi connectivity index (χ2v) is 5.02. The van der Waals surface area contributed by atoms with Gasteiger partial charge in [-0.15, -0.1) is 6.42 Å². The zero-order valence-electron chi connectivity index (χ0n) is 8.57. The molecule has 0 bridgehead atoms. The summed E-state index contributed by atoms with van der Waals surface area (Å²) in [5.74, 6) is 2.70. The third-order valence-corrected chi connectivity index (χ3v) is 4.30. The van der Waals surface area contributed by atoms with Crippen LogP contribution in [0.1, 0.15) is 23.4 Å². The summed E-state index contributed by atoms with van der Waals surface area (Å²) in [6.45, 7) is 0.676. The fourth-order valence-corrected chi connectivity index (χ4v) is 3.58. The minimum atomic E-state index is 0.676. The highest BCUT2D eigenvalue weighted by Crippen LogP contribution is 2.28. The molecule has 0 aliphatic heterocycles. The van der Waals surface area contributed by atoms with Gasteiger partial charge in [0.1, 0.15) is 18.1 Å². The Bertz CT molecular complexity index is 542. The lowest BCUT2D eigenvalue weighted by Gasteiger charge is -2.06. The Morgan fingerprint density at radius 2 is 2.33 bits per heavy atom. The van der Waals surface area contributed by atoms with Crippen LogP contribution in [0.3, 0.4) is 0 Å². The van der Waals surface area contributed by atoms with Gasteiger partial charge in [0.2, 0.25) is 0 Å². The first-order valence-electron chi connectivity index (χ1n) is 5.34. The van der Waals surface area contributed by atoms with E-state index in [0.29, 0.717) is 6.54 Å². The van der Waals surface area contributed by atoms with Crippen molar-refractivity contribution >= 4 is 16.3 Å². The van der Waals surface area contributed by atoms with Gasteiger partial charge < -0.3 is 0 Å². The van der Waals surface area contributed by atoms with Gasteiger partial charge in [0.05, 0.1) is 4.88 Å². The van der Waals surface area contributed by atoms with Gasteiger partial charge in [-0.2, -0.15) is 4.40 Å². The zero-order chi connectivity index (χ0) is 10.3. The number of aryl methyl sites for hydroxylation is 2. The van der Waals surface area contributed by atoms with Gasteiger partial charge in [0.25, 0.3) is 0 Å². The summed E-state index contributed by atoms with van der Waals surface area (Å²) in [5, 5.41) is 0. The molecule has 2 aromatic rings. The van der Waals surface area contributed by atoms with Gasteiger partial charge in [-0.3, -0.25) is 0 Å². The lowest BCUT2D eigenvalue weighted by Crippen LogP contribution is -2.30. The number of hydrogen-bond donors (Lipinski definition) is 0. The van der Waals surface area contributed by atoms with E-state index >= 15 is 0 Å². The average molecular weight is 217 g/mol. The van der Waals surface area contributed by atoms with Crippen molar-refractivity contribution in [3.05, 3.63) is 23.0 Å². The zero-order valence-corrected chi connectivity index (χ0v) is 9.39. The van der Waals surface area contributed by atoms with Crippen molar-refractivity contribution in [2.24, 2.45) is 0 Å². The molecule has 0 spiro atoms. The summed E-state index contributed by atoms with van der Waals surface area (Å²) in [4.78, 5) is 2.85. The third-order valence-electron chi connectivity index (χ3n) is 3.00. The van der Waals surface area contributed by atoms with Crippen molar-refractivity contribution < 1.29 is 4.57 Å². The largest absolute Gasteiger partial charge is 0.346 e. The molecule has 0 atom stereocenters. The van der Waals surface area contributed by atoms with E-state index in [9.17, 15) is 0 Å². The Morgan fingerprint density at radius 3 is 3.20 bits per heavy atom. The van der Waals surface area contributed by atoms with E-state index in [4.69, 9.17) is 6.42 Å². The molecule has 0 radical (unpaired) electrons. The summed E-state index contributed by atoms with van der Waals surface area (Å²) >= 11 is 1.90. The minimum absolute atomic E-state index is 0.676. The smallest absolute Gasteiger partial charge is 0.210 e. The van der Waals surface area contributed by atoms with Crippen LogP contribution in [-0.4, -0.2) is 4.40 Å². The predicted molar refractivity (Wildman–Crippen MR) is 60.9 cm³/mol. The van der Waals surface area contributed by atoms with Crippen LogP contribution in [0.2, 0.25) is 0 Å². The van der Waals surface area contributed by atoms with E-state index in [2.05, 4.69) is 27.3 Å². The van der Waals surface area contributed by atoms with Crippen LogP contribution in [0.5, 0.6) is 0 Å². The Hall–Kier alpha value is -1.27. The van der Waals surface area contributed by atoms with Crippen molar-refractivity contribution in [3.63, 3.8) is 0 Å². The number of thiazole rings is 1. The topological polar surface area (TPSA) is 8.29 Å². The van der Waals surface area contributed by atoms with E-state index in [0.717, 1.165) is 0 Å². The summed E-state index contributed by atoms with van der Waals surface area (Å²) in [7, 11) is 0. The third kappa shape index (κ3) is 1.29. The number of rotatable bonds is 1. The average Bonchev–Trinajstić information content (AvgIpc) is 2.79. The Balaban J connectivity index is 2.20. The highest BCUT2D eigenvalue weighted by atomic mass is 32.1. The number of terminal acetylenes is 1. The van der Waals surface area contributed by atoms with Gasteiger partial charge in [-0.05, 0) is 19.3 Å². The molecule has 76 valence electrons. The van der Waals surface area contributed by atoms with Crippen LogP contribution in [0.4, 0.5) is 0 Å². The second-order valence-electron chi connectivity index (χ2n) is 3.96. The van der Waals surface area contributed by atoms with E-state index in [1.807, 2.05) is 11.3 Å². The molecule has 1 aliphatic carbocycles. The molecular weight excluding hydrogens is 204 g/mol. The first kappa shape index (κ1) is 8.99. The molecule has 0 N–H and O–H groups in total. The molecule has 2 aromatic heterocycles. The maximum Gasteiger partial charge on any atom is 0.346 e. The summed E-state index contributed by atoms with van der Waals surface area (Å²) in [6, 6.07) is 0. The standard InChI is InChI=1S/C12H13N2S/c1-2-7-13-8-9-14-10-5-3-4-6-11(10)15-12(13)14/h1,8-9H,3-7H2/q+1. The van der Waals surface area contributed by atoms with E-state index < -0.39 is 0 Å². The fraction of sp³-hybridized carbons (Fsp3) is 0.417. The van der Waals surface area contributed by atoms with E-state index in [-0.39, 0.29) is 0 Å². The van der Waals surface area contributed by atoms with E-state index in [1.165, 1.54) is 36.3 Å². The van der Waals surface area contributed by atoms with Gasteiger partial charge in [0.15, 0.2) is 6.54 Å².